The molecule has 0 aliphatic rings. The Kier molecular flexibility index (Phi) is 5.41. The van der Waals surface area contributed by atoms with Crippen molar-refractivity contribution in [1.82, 2.24) is 0 Å². The molecule has 0 aliphatic carbocycles. The minimum Gasteiger partial charge on any atom is -0.478 e. The largest absolute Gasteiger partial charge is 0.478 e. The van der Waals surface area contributed by atoms with E-state index in [0.29, 0.717) is 15.8 Å². The zero-order chi connectivity index (χ0) is 16.1. The first-order valence-corrected chi connectivity index (χ1v) is 7.21. The third kappa shape index (κ3) is 4.23. The van der Waals surface area contributed by atoms with Crippen LogP contribution in [0.15, 0.2) is 53.7 Å². The molecule has 0 fully saturated rings. The first-order valence-electron chi connectivity index (χ1n) is 6.46. The maximum atomic E-state index is 10.8. The van der Waals surface area contributed by atoms with Crippen molar-refractivity contribution < 1.29 is 14.7 Å². The zero-order valence-electron chi connectivity index (χ0n) is 11.7. The van der Waals surface area contributed by atoms with Crippen LogP contribution in [0, 0.1) is 0 Å². The molecule has 0 amide bonds. The molecule has 0 bridgehead atoms. The SMILES string of the molecule is CC(ON=C(c1ccc(Cl)cc1)c1ccc(Cl)cc1)C(=O)O. The molecule has 0 aromatic heterocycles. The topological polar surface area (TPSA) is 58.9 Å². The summed E-state index contributed by atoms with van der Waals surface area (Å²) in [5.74, 6) is -1.09. The van der Waals surface area contributed by atoms with Gasteiger partial charge >= 0.3 is 5.97 Å². The van der Waals surface area contributed by atoms with E-state index in [1.54, 1.807) is 48.5 Å². The van der Waals surface area contributed by atoms with E-state index in [2.05, 4.69) is 5.16 Å². The fourth-order valence-corrected chi connectivity index (χ4v) is 1.92. The molecule has 2 aromatic rings. The van der Waals surface area contributed by atoms with Gasteiger partial charge < -0.3 is 9.94 Å². The molecule has 0 saturated heterocycles. The molecule has 114 valence electrons. The molecular formula is C16H13Cl2NO3. The molecule has 1 unspecified atom stereocenters. The van der Waals surface area contributed by atoms with Gasteiger partial charge in [0.1, 0.15) is 5.71 Å². The van der Waals surface area contributed by atoms with E-state index in [9.17, 15) is 4.79 Å². The quantitative estimate of drug-likeness (QED) is 0.655. The van der Waals surface area contributed by atoms with Crippen molar-refractivity contribution in [2.75, 3.05) is 0 Å². The van der Waals surface area contributed by atoms with Crippen molar-refractivity contribution in [3.05, 3.63) is 69.7 Å². The lowest BCUT2D eigenvalue weighted by Crippen LogP contribution is -2.18. The number of rotatable bonds is 5. The van der Waals surface area contributed by atoms with Crippen LogP contribution in [0.25, 0.3) is 0 Å². The second-order valence-electron chi connectivity index (χ2n) is 4.54. The summed E-state index contributed by atoms with van der Waals surface area (Å²) in [6.45, 7) is 1.41. The lowest BCUT2D eigenvalue weighted by atomic mass is 10.0. The summed E-state index contributed by atoms with van der Waals surface area (Å²) >= 11 is 11.8. The third-order valence-corrected chi connectivity index (χ3v) is 3.39. The molecule has 0 radical (unpaired) electrons. The van der Waals surface area contributed by atoms with E-state index in [0.717, 1.165) is 11.1 Å². The number of benzene rings is 2. The smallest absolute Gasteiger partial charge is 0.347 e. The summed E-state index contributed by atoms with van der Waals surface area (Å²) in [6, 6.07) is 14.0. The minimum absolute atomic E-state index is 0.501. The number of hydrogen-bond donors (Lipinski definition) is 1. The van der Waals surface area contributed by atoms with Gasteiger partial charge in [-0.15, -0.1) is 0 Å². The third-order valence-electron chi connectivity index (χ3n) is 2.89. The first kappa shape index (κ1) is 16.3. The van der Waals surface area contributed by atoms with Crippen LogP contribution in [0.3, 0.4) is 0 Å². The number of carbonyl (C=O) groups is 1. The van der Waals surface area contributed by atoms with Crippen molar-refractivity contribution in [3.63, 3.8) is 0 Å². The van der Waals surface area contributed by atoms with Gasteiger partial charge in [-0.1, -0.05) is 52.6 Å². The lowest BCUT2D eigenvalue weighted by molar-refractivity contribution is -0.149. The molecule has 2 rings (SSSR count). The number of aliphatic carboxylic acids is 1. The summed E-state index contributed by atoms with van der Waals surface area (Å²) in [5, 5.41) is 14.1. The average molecular weight is 338 g/mol. The van der Waals surface area contributed by atoms with E-state index < -0.39 is 12.1 Å². The molecular weight excluding hydrogens is 325 g/mol. The van der Waals surface area contributed by atoms with Gasteiger partial charge in [-0.2, -0.15) is 0 Å². The number of carboxylic acids is 1. The number of halogens is 2. The molecule has 0 heterocycles. The Balaban J connectivity index is 2.39. The van der Waals surface area contributed by atoms with Crippen LogP contribution in [0.2, 0.25) is 10.0 Å². The monoisotopic (exact) mass is 337 g/mol. The normalized spacial score (nSPS) is 11.6. The molecule has 0 spiro atoms. The fraction of sp³-hybridized carbons (Fsp3) is 0.125. The van der Waals surface area contributed by atoms with Gasteiger partial charge in [0.2, 0.25) is 6.10 Å². The van der Waals surface area contributed by atoms with Crippen LogP contribution >= 0.6 is 23.2 Å². The minimum atomic E-state index is -1.09. The highest BCUT2D eigenvalue weighted by molar-refractivity contribution is 6.31. The predicted molar refractivity (Wildman–Crippen MR) is 86.7 cm³/mol. The summed E-state index contributed by atoms with van der Waals surface area (Å²) < 4.78 is 0. The average Bonchev–Trinajstić information content (AvgIpc) is 2.50. The second kappa shape index (κ2) is 7.29. The molecule has 4 nitrogen and oxygen atoms in total. The Morgan fingerprint density at radius 1 is 1.00 bits per heavy atom. The maximum absolute atomic E-state index is 10.8. The van der Waals surface area contributed by atoms with E-state index in [-0.39, 0.29) is 0 Å². The van der Waals surface area contributed by atoms with Crippen molar-refractivity contribution in [2.24, 2.45) is 5.16 Å². The summed E-state index contributed by atoms with van der Waals surface area (Å²) in [5.41, 5.74) is 2.01. The van der Waals surface area contributed by atoms with Gasteiger partial charge in [0.15, 0.2) is 0 Å². The van der Waals surface area contributed by atoms with E-state index in [1.807, 2.05) is 0 Å². The Morgan fingerprint density at radius 2 is 1.41 bits per heavy atom. The van der Waals surface area contributed by atoms with Crippen LogP contribution in [0.4, 0.5) is 0 Å². The van der Waals surface area contributed by atoms with Gasteiger partial charge in [0.25, 0.3) is 0 Å². The molecule has 6 heteroatoms. The van der Waals surface area contributed by atoms with Crippen LogP contribution < -0.4 is 0 Å². The number of hydrogen-bond acceptors (Lipinski definition) is 3. The summed E-state index contributed by atoms with van der Waals surface area (Å²) in [6.07, 6.45) is -1.05. The van der Waals surface area contributed by atoms with Gasteiger partial charge in [-0.3, -0.25) is 0 Å². The van der Waals surface area contributed by atoms with E-state index >= 15 is 0 Å². The zero-order valence-corrected chi connectivity index (χ0v) is 13.2. The molecule has 0 saturated carbocycles. The highest BCUT2D eigenvalue weighted by Crippen LogP contribution is 2.17. The Morgan fingerprint density at radius 3 is 1.77 bits per heavy atom. The van der Waals surface area contributed by atoms with Crippen LogP contribution in [-0.4, -0.2) is 22.9 Å². The first-order chi connectivity index (χ1) is 10.5. The number of oxime groups is 1. The fourth-order valence-electron chi connectivity index (χ4n) is 1.66. The second-order valence-corrected chi connectivity index (χ2v) is 5.41. The number of nitrogens with zero attached hydrogens (tertiary/aromatic N) is 1. The Hall–Kier alpha value is -2.04. The van der Waals surface area contributed by atoms with E-state index in [1.165, 1.54) is 6.92 Å². The van der Waals surface area contributed by atoms with Crippen molar-refractivity contribution in [3.8, 4) is 0 Å². The van der Waals surface area contributed by atoms with Gasteiger partial charge in [-0.25, -0.2) is 4.79 Å². The standard InChI is InChI=1S/C16H13Cl2NO3/c1-10(16(20)21)22-19-15(11-2-6-13(17)7-3-11)12-4-8-14(18)9-5-12/h2-10H,1H3,(H,20,21). The van der Waals surface area contributed by atoms with Gasteiger partial charge in [0.05, 0.1) is 0 Å². The highest BCUT2D eigenvalue weighted by Gasteiger charge is 2.14. The molecule has 0 aliphatic heterocycles. The molecule has 2 aromatic carbocycles. The lowest BCUT2D eigenvalue weighted by Gasteiger charge is -2.10. The van der Waals surface area contributed by atoms with Gasteiger partial charge in [-0.05, 0) is 31.2 Å². The number of carboxylic acid groups (broad SMARTS) is 1. The van der Waals surface area contributed by atoms with Crippen molar-refractivity contribution >= 4 is 34.9 Å². The predicted octanol–water partition coefficient (Wildman–Crippen LogP) is 4.24. The Labute approximate surface area is 137 Å². The summed E-state index contributed by atoms with van der Waals surface area (Å²) in [4.78, 5) is 15.9. The van der Waals surface area contributed by atoms with Crippen molar-refractivity contribution in [1.29, 1.82) is 0 Å². The molecule has 1 N–H and O–H groups in total. The van der Waals surface area contributed by atoms with Crippen LogP contribution in [0.5, 0.6) is 0 Å². The van der Waals surface area contributed by atoms with Gasteiger partial charge in [0, 0.05) is 21.2 Å². The summed E-state index contributed by atoms with van der Waals surface area (Å²) in [7, 11) is 0. The highest BCUT2D eigenvalue weighted by atomic mass is 35.5. The molecule has 1 atom stereocenters. The van der Waals surface area contributed by atoms with E-state index in [4.69, 9.17) is 33.1 Å². The van der Waals surface area contributed by atoms with Crippen molar-refractivity contribution in [2.45, 2.75) is 13.0 Å². The maximum Gasteiger partial charge on any atom is 0.347 e. The molecule has 22 heavy (non-hydrogen) atoms. The Bertz CT molecular complexity index is 634. The van der Waals surface area contributed by atoms with Crippen LogP contribution in [-0.2, 0) is 9.63 Å². The van der Waals surface area contributed by atoms with Crippen LogP contribution in [0.1, 0.15) is 18.1 Å².